The molecule has 2 unspecified atom stereocenters. The van der Waals surface area contributed by atoms with E-state index in [-0.39, 0.29) is 11.0 Å². The normalized spacial score (nSPS) is 25.2. The van der Waals surface area contributed by atoms with E-state index >= 15 is 0 Å². The summed E-state index contributed by atoms with van der Waals surface area (Å²) in [5.41, 5.74) is 6.70. The van der Waals surface area contributed by atoms with Crippen LogP contribution in [-0.4, -0.2) is 5.54 Å². The van der Waals surface area contributed by atoms with Crippen LogP contribution in [0.25, 0.3) is 11.1 Å². The first-order valence-corrected chi connectivity index (χ1v) is 12.5. The predicted molar refractivity (Wildman–Crippen MR) is 135 cm³/mol. The number of anilines is 2. The molecule has 0 amide bonds. The average Bonchev–Trinajstić information content (AvgIpc) is 2.95. The van der Waals surface area contributed by atoms with Crippen molar-refractivity contribution < 1.29 is 0 Å². The highest BCUT2D eigenvalue weighted by molar-refractivity contribution is 9.11. The second-order valence-corrected chi connectivity index (χ2v) is 11.1. The van der Waals surface area contributed by atoms with Gasteiger partial charge in [0.25, 0.3) is 0 Å². The Morgan fingerprint density at radius 2 is 1.50 bits per heavy atom. The zero-order valence-electron chi connectivity index (χ0n) is 17.2. The summed E-state index contributed by atoms with van der Waals surface area (Å²) in [7, 11) is 0. The lowest BCUT2D eigenvalue weighted by Gasteiger charge is -2.50. The van der Waals surface area contributed by atoms with Gasteiger partial charge in [0.15, 0.2) is 0 Å². The molecule has 0 aromatic heterocycles. The Morgan fingerprint density at radius 1 is 0.833 bits per heavy atom. The van der Waals surface area contributed by atoms with Gasteiger partial charge in [0, 0.05) is 25.7 Å². The first-order valence-electron chi connectivity index (χ1n) is 10.5. The number of hydrogen-bond acceptors (Lipinski definition) is 1. The summed E-state index contributed by atoms with van der Waals surface area (Å²) >= 11 is 13.6. The Kier molecular flexibility index (Phi) is 5.08. The van der Waals surface area contributed by atoms with Crippen LogP contribution in [0, 0.1) is 0 Å². The van der Waals surface area contributed by atoms with Crippen LogP contribution in [0.1, 0.15) is 45.1 Å². The van der Waals surface area contributed by atoms with Gasteiger partial charge in [-0.2, -0.15) is 0 Å². The van der Waals surface area contributed by atoms with E-state index in [1.54, 1.807) is 0 Å². The van der Waals surface area contributed by atoms with Crippen LogP contribution in [0.3, 0.4) is 0 Å². The summed E-state index contributed by atoms with van der Waals surface area (Å²) in [6.45, 7) is 4.94. The molecule has 1 nitrogen and oxygen atoms in total. The van der Waals surface area contributed by atoms with E-state index in [4.69, 9.17) is 11.6 Å². The van der Waals surface area contributed by atoms with E-state index < -0.39 is 0 Å². The molecule has 1 aliphatic carbocycles. The minimum atomic E-state index is 0.0781. The Morgan fingerprint density at radius 3 is 2.20 bits per heavy atom. The Labute approximate surface area is 200 Å². The van der Waals surface area contributed by atoms with E-state index in [0.717, 1.165) is 8.95 Å². The second-order valence-electron chi connectivity index (χ2n) is 8.97. The summed E-state index contributed by atoms with van der Waals surface area (Å²) in [4.78, 5) is 2.61. The SMILES string of the molecule is CC12CCCCC1(C)N(c1ccccc1)c1ccc(-c3cc(Br)c(Cl)c(Br)c3)cc12. The van der Waals surface area contributed by atoms with Crippen molar-refractivity contribution in [2.45, 2.75) is 50.5 Å². The van der Waals surface area contributed by atoms with Gasteiger partial charge < -0.3 is 4.90 Å². The number of hydrogen-bond donors (Lipinski definition) is 0. The van der Waals surface area contributed by atoms with Crippen LogP contribution in [-0.2, 0) is 5.41 Å². The van der Waals surface area contributed by atoms with Crippen molar-refractivity contribution >= 4 is 54.8 Å². The van der Waals surface area contributed by atoms with Gasteiger partial charge in [-0.3, -0.25) is 0 Å². The molecule has 3 aromatic carbocycles. The number of fused-ring (bicyclic) bond motifs is 3. The molecule has 0 saturated heterocycles. The lowest BCUT2D eigenvalue weighted by molar-refractivity contribution is 0.195. The molecule has 4 heteroatoms. The van der Waals surface area contributed by atoms with E-state index in [0.29, 0.717) is 5.02 Å². The van der Waals surface area contributed by atoms with E-state index in [2.05, 4.69) is 111 Å². The van der Waals surface area contributed by atoms with Crippen LogP contribution in [0.2, 0.25) is 5.02 Å². The number of rotatable bonds is 2. The molecule has 3 aromatic rings. The largest absolute Gasteiger partial charge is 0.334 e. The molecular formula is C26H24Br2ClN. The van der Waals surface area contributed by atoms with Gasteiger partial charge in [-0.25, -0.2) is 0 Å². The first-order chi connectivity index (χ1) is 14.3. The van der Waals surface area contributed by atoms with Gasteiger partial charge in [-0.05, 0) is 105 Å². The molecule has 0 spiro atoms. The Hall–Kier alpha value is -1.29. The monoisotopic (exact) mass is 543 g/mol. The molecule has 2 aliphatic rings. The molecule has 0 N–H and O–H groups in total. The quantitative estimate of drug-likeness (QED) is 0.290. The maximum absolute atomic E-state index is 6.35. The molecular weight excluding hydrogens is 522 g/mol. The van der Waals surface area contributed by atoms with Crippen molar-refractivity contribution in [2.24, 2.45) is 0 Å². The molecule has 5 rings (SSSR count). The number of para-hydroxylation sites is 1. The zero-order valence-corrected chi connectivity index (χ0v) is 21.1. The molecule has 30 heavy (non-hydrogen) atoms. The van der Waals surface area contributed by atoms with Gasteiger partial charge >= 0.3 is 0 Å². The summed E-state index contributed by atoms with van der Waals surface area (Å²) in [6, 6.07) is 22.1. The first kappa shape index (κ1) is 20.6. The van der Waals surface area contributed by atoms with Crippen molar-refractivity contribution in [1.29, 1.82) is 0 Å². The zero-order chi connectivity index (χ0) is 21.1. The van der Waals surface area contributed by atoms with Gasteiger partial charge in [-0.15, -0.1) is 0 Å². The maximum Gasteiger partial charge on any atom is 0.0690 e. The minimum Gasteiger partial charge on any atom is -0.334 e. The fourth-order valence-electron chi connectivity index (χ4n) is 5.62. The summed E-state index contributed by atoms with van der Waals surface area (Å²) in [5, 5.41) is 0.710. The van der Waals surface area contributed by atoms with Crippen molar-refractivity contribution in [2.75, 3.05) is 4.90 Å². The maximum atomic E-state index is 6.35. The van der Waals surface area contributed by atoms with Crippen LogP contribution < -0.4 is 4.90 Å². The Bertz CT molecular complexity index is 1110. The van der Waals surface area contributed by atoms with Crippen molar-refractivity contribution in [3.63, 3.8) is 0 Å². The lowest BCUT2D eigenvalue weighted by atomic mass is 9.61. The third-order valence-corrected chi connectivity index (χ3v) is 9.55. The van der Waals surface area contributed by atoms with Crippen molar-refractivity contribution in [1.82, 2.24) is 0 Å². The van der Waals surface area contributed by atoms with Crippen LogP contribution >= 0.6 is 43.5 Å². The summed E-state index contributed by atoms with van der Waals surface area (Å²) in [5.74, 6) is 0. The van der Waals surface area contributed by atoms with Crippen LogP contribution in [0.5, 0.6) is 0 Å². The molecule has 1 fully saturated rings. The van der Waals surface area contributed by atoms with Gasteiger partial charge in [0.05, 0.1) is 10.6 Å². The van der Waals surface area contributed by atoms with Crippen molar-refractivity contribution in [3.8, 4) is 11.1 Å². The van der Waals surface area contributed by atoms with Gasteiger partial charge in [0.2, 0.25) is 0 Å². The predicted octanol–water partition coefficient (Wildman–Crippen LogP) is 9.27. The highest BCUT2D eigenvalue weighted by Gasteiger charge is 2.57. The van der Waals surface area contributed by atoms with Crippen LogP contribution in [0.4, 0.5) is 11.4 Å². The summed E-state index contributed by atoms with van der Waals surface area (Å²) < 4.78 is 1.82. The smallest absolute Gasteiger partial charge is 0.0690 e. The molecule has 1 saturated carbocycles. The third kappa shape index (κ3) is 2.92. The number of nitrogens with zero attached hydrogens (tertiary/aromatic N) is 1. The molecule has 0 radical (unpaired) electrons. The second kappa shape index (κ2) is 7.39. The van der Waals surface area contributed by atoms with E-state index in [1.165, 1.54) is 53.7 Å². The number of halogens is 3. The third-order valence-electron chi connectivity index (χ3n) is 7.44. The molecule has 154 valence electrons. The highest BCUT2D eigenvalue weighted by atomic mass is 79.9. The van der Waals surface area contributed by atoms with E-state index in [9.17, 15) is 0 Å². The minimum absolute atomic E-state index is 0.0781. The Balaban J connectivity index is 1.71. The molecule has 1 heterocycles. The highest BCUT2D eigenvalue weighted by Crippen LogP contribution is 2.61. The van der Waals surface area contributed by atoms with Gasteiger partial charge in [-0.1, -0.05) is 55.6 Å². The van der Waals surface area contributed by atoms with Crippen molar-refractivity contribution in [3.05, 3.63) is 80.2 Å². The lowest BCUT2D eigenvalue weighted by Crippen LogP contribution is -2.54. The summed E-state index contributed by atoms with van der Waals surface area (Å²) in [6.07, 6.45) is 5.00. The standard InChI is InChI=1S/C26H24Br2ClN/c1-25-12-6-7-13-26(25,2)30(19-8-4-3-5-9-19)23-11-10-17(14-20(23)25)18-15-21(27)24(29)22(28)16-18/h3-5,8-11,14-16H,6-7,12-13H2,1-2H3. The van der Waals surface area contributed by atoms with Crippen LogP contribution in [0.15, 0.2) is 69.6 Å². The van der Waals surface area contributed by atoms with Gasteiger partial charge in [0.1, 0.15) is 0 Å². The van der Waals surface area contributed by atoms with E-state index in [1.807, 2.05) is 0 Å². The fraction of sp³-hybridized carbons (Fsp3) is 0.308. The fourth-order valence-corrected chi connectivity index (χ4v) is 6.91. The number of benzene rings is 3. The molecule has 2 atom stereocenters. The molecule has 1 aliphatic heterocycles. The topological polar surface area (TPSA) is 3.24 Å². The molecule has 0 bridgehead atoms. The average molecular weight is 546 g/mol.